The second kappa shape index (κ2) is 23.3. The van der Waals surface area contributed by atoms with Gasteiger partial charge in [0.05, 0.1) is 0 Å². The number of rotatable bonds is 19. The Morgan fingerprint density at radius 1 is 0.674 bits per heavy atom. The minimum absolute atomic E-state index is 0.0215. The molecule has 0 N–H and O–H groups in total. The van der Waals surface area contributed by atoms with Crippen molar-refractivity contribution in [2.75, 3.05) is 7.11 Å². The first-order valence-corrected chi connectivity index (χ1v) is 15.7. The molecule has 1 unspecified atom stereocenters. The van der Waals surface area contributed by atoms with Gasteiger partial charge in [0.2, 0.25) is 0 Å². The first kappa shape index (κ1) is 39.8. The molecule has 0 bridgehead atoms. The van der Waals surface area contributed by atoms with Gasteiger partial charge in [0.1, 0.15) is 5.60 Å². The fraction of sp³-hybridized carbons (Fsp3) is 0.439. The molecule has 2 nitrogen and oxygen atoms in total. The highest BCUT2D eigenvalue weighted by Crippen LogP contribution is 2.13. The van der Waals surface area contributed by atoms with Crippen LogP contribution in [-0.4, -0.2) is 18.5 Å². The van der Waals surface area contributed by atoms with Crippen LogP contribution in [0.1, 0.15) is 101 Å². The second-order valence-electron chi connectivity index (χ2n) is 12.3. The van der Waals surface area contributed by atoms with E-state index in [4.69, 9.17) is 4.74 Å². The second-order valence-corrected chi connectivity index (χ2v) is 12.3. The van der Waals surface area contributed by atoms with E-state index in [-0.39, 0.29) is 11.7 Å². The Balaban J connectivity index is 4.63. The SMILES string of the molecule is COC(C)(C)C(=O)/C=C/C(C)/C=C/C/C(C)=C/C=C/C(C)=C/C=C/C=C(C)/C=C/C=C(\C)CC/C=C(\C)CCC=C(C)C. The van der Waals surface area contributed by atoms with E-state index >= 15 is 0 Å². The van der Waals surface area contributed by atoms with Crippen molar-refractivity contribution in [1.29, 1.82) is 0 Å². The van der Waals surface area contributed by atoms with Gasteiger partial charge in [0.25, 0.3) is 0 Å². The number of ether oxygens (including phenoxy) is 1. The molecule has 0 aliphatic rings. The minimum atomic E-state index is -0.777. The summed E-state index contributed by atoms with van der Waals surface area (Å²) >= 11 is 0. The average Bonchev–Trinajstić information content (AvgIpc) is 2.93. The molecule has 0 spiro atoms. The van der Waals surface area contributed by atoms with Crippen LogP contribution in [0, 0.1) is 5.92 Å². The van der Waals surface area contributed by atoms with Crippen molar-refractivity contribution >= 4 is 5.78 Å². The molecular formula is C41H60O2. The van der Waals surface area contributed by atoms with Crippen molar-refractivity contribution in [3.8, 4) is 0 Å². The predicted octanol–water partition coefficient (Wildman–Crippen LogP) is 12.0. The van der Waals surface area contributed by atoms with Crippen LogP contribution in [-0.2, 0) is 9.53 Å². The Morgan fingerprint density at radius 3 is 1.77 bits per heavy atom. The van der Waals surface area contributed by atoms with Crippen LogP contribution in [0.25, 0.3) is 0 Å². The Bertz CT molecular complexity index is 1180. The van der Waals surface area contributed by atoms with E-state index < -0.39 is 5.60 Å². The molecule has 1 atom stereocenters. The lowest BCUT2D eigenvalue weighted by Crippen LogP contribution is -2.32. The normalized spacial score (nSPS) is 15.7. The van der Waals surface area contributed by atoms with Gasteiger partial charge in [-0.05, 0) is 106 Å². The summed E-state index contributed by atoms with van der Waals surface area (Å²) in [5, 5.41) is 0. The van der Waals surface area contributed by atoms with Crippen LogP contribution in [0.4, 0.5) is 0 Å². The lowest BCUT2D eigenvalue weighted by molar-refractivity contribution is -0.131. The van der Waals surface area contributed by atoms with Crippen molar-refractivity contribution in [2.45, 2.75) is 107 Å². The summed E-state index contributed by atoms with van der Waals surface area (Å²) in [6, 6.07) is 0. The van der Waals surface area contributed by atoms with E-state index in [1.54, 1.807) is 27.0 Å². The third-order valence-electron chi connectivity index (χ3n) is 6.97. The Labute approximate surface area is 265 Å². The van der Waals surface area contributed by atoms with E-state index in [9.17, 15) is 4.79 Å². The maximum atomic E-state index is 12.1. The average molecular weight is 585 g/mol. The van der Waals surface area contributed by atoms with E-state index in [0.717, 1.165) is 32.1 Å². The van der Waals surface area contributed by atoms with E-state index in [0.29, 0.717) is 0 Å². The zero-order valence-corrected chi connectivity index (χ0v) is 29.2. The van der Waals surface area contributed by atoms with E-state index in [1.807, 2.05) is 6.08 Å². The summed E-state index contributed by atoms with van der Waals surface area (Å²) in [6.07, 6.45) is 39.2. The van der Waals surface area contributed by atoms with Crippen LogP contribution < -0.4 is 0 Å². The molecule has 0 aromatic carbocycles. The minimum Gasteiger partial charge on any atom is -0.371 e. The quantitative estimate of drug-likeness (QED) is 0.0857. The van der Waals surface area contributed by atoms with Crippen molar-refractivity contribution in [3.05, 3.63) is 131 Å². The molecule has 0 rings (SSSR count). The monoisotopic (exact) mass is 584 g/mol. The predicted molar refractivity (Wildman–Crippen MR) is 192 cm³/mol. The number of carbonyl (C=O) groups excluding carboxylic acids is 1. The number of methoxy groups -OCH3 is 1. The Morgan fingerprint density at radius 2 is 1.21 bits per heavy atom. The van der Waals surface area contributed by atoms with Crippen LogP contribution in [0.3, 0.4) is 0 Å². The maximum absolute atomic E-state index is 12.1. The maximum Gasteiger partial charge on any atom is 0.186 e. The smallest absolute Gasteiger partial charge is 0.186 e. The third-order valence-corrected chi connectivity index (χ3v) is 6.97. The number of hydrogen-bond donors (Lipinski definition) is 0. The summed E-state index contributed by atoms with van der Waals surface area (Å²) in [5.41, 5.74) is 7.20. The van der Waals surface area contributed by atoms with Crippen LogP contribution in [0.15, 0.2) is 131 Å². The van der Waals surface area contributed by atoms with Gasteiger partial charge in [-0.2, -0.15) is 0 Å². The molecule has 0 aliphatic heterocycles. The number of carbonyl (C=O) groups is 1. The van der Waals surface area contributed by atoms with Crippen LogP contribution in [0.5, 0.6) is 0 Å². The first-order valence-electron chi connectivity index (χ1n) is 15.7. The van der Waals surface area contributed by atoms with Crippen molar-refractivity contribution in [3.63, 3.8) is 0 Å². The molecule has 0 saturated carbocycles. The molecule has 236 valence electrons. The highest BCUT2D eigenvalue weighted by atomic mass is 16.5. The largest absolute Gasteiger partial charge is 0.371 e. The lowest BCUT2D eigenvalue weighted by atomic mass is 10.0. The molecule has 0 aliphatic carbocycles. The van der Waals surface area contributed by atoms with E-state index in [2.05, 4.69) is 140 Å². The zero-order chi connectivity index (χ0) is 32.7. The number of hydrogen-bond acceptors (Lipinski definition) is 2. The molecular weight excluding hydrogens is 524 g/mol. The fourth-order valence-corrected chi connectivity index (χ4v) is 3.72. The summed E-state index contributed by atoms with van der Waals surface area (Å²) in [5.74, 6) is 0.169. The van der Waals surface area contributed by atoms with Crippen molar-refractivity contribution in [2.24, 2.45) is 5.92 Å². The highest BCUT2D eigenvalue weighted by Gasteiger charge is 2.24. The molecule has 0 heterocycles. The number of ketones is 1. The number of allylic oxidation sites excluding steroid dienone is 21. The summed E-state index contributed by atoms with van der Waals surface area (Å²) < 4.78 is 5.23. The summed E-state index contributed by atoms with van der Waals surface area (Å²) in [6.45, 7) is 20.8. The van der Waals surface area contributed by atoms with Crippen LogP contribution in [0.2, 0.25) is 0 Å². The first-order chi connectivity index (χ1) is 20.3. The van der Waals surface area contributed by atoms with Gasteiger partial charge in [0, 0.05) is 7.11 Å². The van der Waals surface area contributed by atoms with Gasteiger partial charge >= 0.3 is 0 Å². The topological polar surface area (TPSA) is 26.3 Å². The van der Waals surface area contributed by atoms with Gasteiger partial charge in [-0.15, -0.1) is 0 Å². The molecule has 0 fully saturated rings. The van der Waals surface area contributed by atoms with Gasteiger partial charge in [-0.1, -0.05) is 132 Å². The molecule has 0 radical (unpaired) electrons. The van der Waals surface area contributed by atoms with Crippen molar-refractivity contribution in [1.82, 2.24) is 0 Å². The summed E-state index contributed by atoms with van der Waals surface area (Å²) in [4.78, 5) is 12.1. The lowest BCUT2D eigenvalue weighted by Gasteiger charge is -2.18. The van der Waals surface area contributed by atoms with Crippen molar-refractivity contribution < 1.29 is 9.53 Å². The van der Waals surface area contributed by atoms with E-state index in [1.165, 1.54) is 33.4 Å². The summed E-state index contributed by atoms with van der Waals surface area (Å²) in [7, 11) is 1.56. The molecule has 0 aromatic rings. The highest BCUT2D eigenvalue weighted by molar-refractivity contribution is 5.96. The zero-order valence-electron chi connectivity index (χ0n) is 29.2. The molecule has 0 aromatic heterocycles. The van der Waals surface area contributed by atoms with Gasteiger partial charge in [0.15, 0.2) is 5.78 Å². The Hall–Kier alpha value is -3.23. The molecule has 2 heteroatoms. The van der Waals surface area contributed by atoms with Gasteiger partial charge < -0.3 is 4.74 Å². The molecule has 0 amide bonds. The standard InChI is InChI=1S/C41H60O2/c1-33(2)19-14-22-36(5)25-17-28-37(6)26-15-23-34(3)20-12-13-21-35(4)24-16-27-38(7)29-18-30-39(8)31-32-40(42)41(9,10)43-11/h12-13,15-16,18-21,23-27,30-32,39H,14,17,22,28-29H2,1-11H3/b13-12+,23-15+,24-16+,30-18+,32-31+,34-20+,35-21+,36-25+,37-26+,38-27+. The molecule has 0 saturated heterocycles. The third kappa shape index (κ3) is 23.0. The van der Waals surface area contributed by atoms with Gasteiger partial charge in [-0.25, -0.2) is 0 Å². The van der Waals surface area contributed by atoms with Gasteiger partial charge in [-0.3, -0.25) is 4.79 Å². The fourth-order valence-electron chi connectivity index (χ4n) is 3.72. The Kier molecular flexibility index (Phi) is 21.5. The molecule has 43 heavy (non-hydrogen) atoms. The van der Waals surface area contributed by atoms with Crippen LogP contribution >= 0.6 is 0 Å².